The van der Waals surface area contributed by atoms with Crippen LogP contribution >= 0.6 is 23.2 Å². The fourth-order valence-electron chi connectivity index (χ4n) is 3.98. The topological polar surface area (TPSA) is 101 Å². The first-order chi connectivity index (χ1) is 17.8. The van der Waals surface area contributed by atoms with Gasteiger partial charge in [0.05, 0.1) is 34.5 Å². The second-order valence-corrected chi connectivity index (χ2v) is 9.12. The molecule has 0 saturated carbocycles. The van der Waals surface area contributed by atoms with Crippen molar-refractivity contribution in [3.05, 3.63) is 97.5 Å². The second-order valence-electron chi connectivity index (χ2n) is 8.25. The van der Waals surface area contributed by atoms with Crippen molar-refractivity contribution in [2.45, 2.75) is 19.9 Å². The molecule has 10 heteroatoms. The third-order valence-corrected chi connectivity index (χ3v) is 6.20. The van der Waals surface area contributed by atoms with Crippen LogP contribution in [0.4, 0.5) is 0 Å². The molecule has 0 aliphatic rings. The van der Waals surface area contributed by atoms with Crippen LogP contribution in [0.25, 0.3) is 27.8 Å². The van der Waals surface area contributed by atoms with Crippen LogP contribution in [-0.2, 0) is 11.3 Å². The maximum absolute atomic E-state index is 13.6. The highest BCUT2D eigenvalue weighted by Gasteiger charge is 2.21. The summed E-state index contributed by atoms with van der Waals surface area (Å²) in [6.45, 7) is 1.91. The van der Waals surface area contributed by atoms with E-state index < -0.39 is 17.0 Å². The molecule has 0 aliphatic heterocycles. The maximum atomic E-state index is 13.6. The predicted molar refractivity (Wildman–Crippen MR) is 149 cm³/mol. The molecule has 4 aromatic rings. The third-order valence-electron chi connectivity index (χ3n) is 5.73. The molecule has 190 valence electrons. The third kappa shape index (κ3) is 5.76. The molecule has 2 aromatic heterocycles. The van der Waals surface area contributed by atoms with Crippen molar-refractivity contribution in [3.8, 4) is 16.9 Å². The minimum Gasteiger partial charge on any atom is -0.349 e. The van der Waals surface area contributed by atoms with E-state index in [9.17, 15) is 14.4 Å². The fraction of sp³-hybridized carbons (Fsp3) is 0.185. The van der Waals surface area contributed by atoms with Crippen molar-refractivity contribution in [3.63, 3.8) is 0 Å². The van der Waals surface area contributed by atoms with Gasteiger partial charge in [-0.15, -0.1) is 0 Å². The number of amides is 1. The lowest BCUT2D eigenvalue weighted by Crippen LogP contribution is -2.35. The van der Waals surface area contributed by atoms with E-state index in [1.807, 2.05) is 19.1 Å². The molecule has 2 aromatic carbocycles. The molecular weight excluding hydrogens is 513 g/mol. The Kier molecular flexibility index (Phi) is 8.11. The molecule has 8 nitrogen and oxygen atoms in total. The standard InChI is InChI=1S/C27H25Cl2N5O3/c1-3-4-10-20(30-2)15-31-23(35)16-33-24(36)14-22-25(26(33)17-7-5-8-18(28)12-17)27(37)34(32-22)21-11-6-9-19(29)13-21/h4-14,32H,3,15-16H2,1-2H3,(H,31,35)/b10-4-,30-20?. The molecule has 0 saturated heterocycles. The van der Waals surface area contributed by atoms with E-state index in [1.165, 1.54) is 15.3 Å². The molecule has 0 radical (unpaired) electrons. The number of nitrogens with zero attached hydrogens (tertiary/aromatic N) is 3. The van der Waals surface area contributed by atoms with Crippen molar-refractivity contribution in [1.82, 2.24) is 19.7 Å². The summed E-state index contributed by atoms with van der Waals surface area (Å²) in [5, 5.41) is 6.92. The van der Waals surface area contributed by atoms with E-state index in [0.717, 1.165) is 6.42 Å². The number of nitrogens with one attached hydrogen (secondary N) is 2. The lowest BCUT2D eigenvalue weighted by Gasteiger charge is -2.14. The van der Waals surface area contributed by atoms with Crippen LogP contribution in [0, 0.1) is 0 Å². The number of aromatic nitrogens is 3. The van der Waals surface area contributed by atoms with E-state index >= 15 is 0 Å². The molecule has 2 heterocycles. The van der Waals surface area contributed by atoms with E-state index in [1.54, 1.807) is 55.6 Å². The number of halogens is 2. The van der Waals surface area contributed by atoms with E-state index in [2.05, 4.69) is 15.4 Å². The van der Waals surface area contributed by atoms with Gasteiger partial charge in [0.2, 0.25) is 5.91 Å². The summed E-state index contributed by atoms with van der Waals surface area (Å²) < 4.78 is 2.60. The van der Waals surface area contributed by atoms with Gasteiger partial charge in [0.15, 0.2) is 0 Å². The molecule has 0 aliphatic carbocycles. The van der Waals surface area contributed by atoms with Gasteiger partial charge >= 0.3 is 0 Å². The van der Waals surface area contributed by atoms with E-state index in [0.29, 0.717) is 32.5 Å². The van der Waals surface area contributed by atoms with Crippen LogP contribution in [0.15, 0.2) is 81.3 Å². The van der Waals surface area contributed by atoms with Crippen molar-refractivity contribution in [2.75, 3.05) is 13.6 Å². The molecule has 0 atom stereocenters. The number of fused-ring (bicyclic) bond motifs is 1. The highest BCUT2D eigenvalue weighted by molar-refractivity contribution is 6.31. The quantitative estimate of drug-likeness (QED) is 0.321. The van der Waals surface area contributed by atoms with Gasteiger partial charge in [0.1, 0.15) is 6.54 Å². The summed E-state index contributed by atoms with van der Waals surface area (Å²) >= 11 is 12.4. The zero-order valence-corrected chi connectivity index (χ0v) is 21.8. The number of pyridine rings is 1. The molecule has 4 rings (SSSR count). The summed E-state index contributed by atoms with van der Waals surface area (Å²) in [6, 6.07) is 14.9. The monoisotopic (exact) mass is 537 g/mol. The van der Waals surface area contributed by atoms with Gasteiger partial charge in [0.25, 0.3) is 11.1 Å². The molecule has 0 bridgehead atoms. The lowest BCUT2D eigenvalue weighted by atomic mass is 10.1. The molecular formula is C27H25Cl2N5O3. The average Bonchev–Trinajstić information content (AvgIpc) is 3.20. The zero-order chi connectivity index (χ0) is 26.5. The first-order valence-electron chi connectivity index (χ1n) is 11.6. The fourth-order valence-corrected chi connectivity index (χ4v) is 4.35. The Morgan fingerprint density at radius 2 is 1.81 bits per heavy atom. The Labute approximate surface area is 222 Å². The Morgan fingerprint density at radius 1 is 1.08 bits per heavy atom. The number of aliphatic imine (C=N–C) groups is 1. The Morgan fingerprint density at radius 3 is 2.49 bits per heavy atom. The van der Waals surface area contributed by atoms with Gasteiger partial charge in [-0.1, -0.05) is 54.4 Å². The highest BCUT2D eigenvalue weighted by atomic mass is 35.5. The summed E-state index contributed by atoms with van der Waals surface area (Å²) in [5.41, 5.74) is 1.50. The van der Waals surface area contributed by atoms with Crippen LogP contribution in [-0.4, -0.2) is 39.6 Å². The lowest BCUT2D eigenvalue weighted by molar-refractivity contribution is -0.121. The van der Waals surface area contributed by atoms with Crippen LogP contribution < -0.4 is 16.4 Å². The molecule has 2 N–H and O–H groups in total. The van der Waals surface area contributed by atoms with E-state index in [4.69, 9.17) is 23.2 Å². The number of aromatic amines is 1. The maximum Gasteiger partial charge on any atom is 0.281 e. The number of allylic oxidation sites excluding steroid dienone is 1. The molecule has 1 amide bonds. The highest BCUT2D eigenvalue weighted by Crippen LogP contribution is 2.27. The number of hydrogen-bond donors (Lipinski definition) is 2. The zero-order valence-electron chi connectivity index (χ0n) is 20.3. The van der Waals surface area contributed by atoms with Gasteiger partial charge in [0, 0.05) is 28.7 Å². The van der Waals surface area contributed by atoms with Gasteiger partial charge in [-0.2, -0.15) is 0 Å². The van der Waals surface area contributed by atoms with Gasteiger partial charge in [-0.05, 0) is 42.8 Å². The van der Waals surface area contributed by atoms with Gasteiger partial charge in [-0.3, -0.25) is 29.0 Å². The minimum absolute atomic E-state index is 0.209. The van der Waals surface area contributed by atoms with Crippen LogP contribution in [0.2, 0.25) is 10.0 Å². The number of rotatable bonds is 8. The first-order valence-corrected chi connectivity index (χ1v) is 12.4. The first kappa shape index (κ1) is 26.2. The number of H-pyrrole nitrogens is 1. The Balaban J connectivity index is 1.84. The molecule has 0 fully saturated rings. The van der Waals surface area contributed by atoms with E-state index in [-0.39, 0.29) is 24.2 Å². The summed E-state index contributed by atoms with van der Waals surface area (Å²) in [4.78, 5) is 44.0. The molecule has 37 heavy (non-hydrogen) atoms. The van der Waals surface area contributed by atoms with Gasteiger partial charge in [-0.25, -0.2) is 4.68 Å². The number of carbonyl (C=O) groups is 1. The molecule has 0 unspecified atom stereocenters. The smallest absolute Gasteiger partial charge is 0.281 e. The van der Waals surface area contributed by atoms with Crippen molar-refractivity contribution in [2.24, 2.45) is 4.99 Å². The number of hydrogen-bond acceptors (Lipinski definition) is 4. The summed E-state index contributed by atoms with van der Waals surface area (Å²) in [6.07, 6.45) is 4.63. The second kappa shape index (κ2) is 11.5. The SMILES string of the molecule is CC/C=C\C(CNC(=O)Cn1c(-c2cccc(Cl)c2)c2c(=O)n(-c3cccc(Cl)c3)[nH]c2cc1=O)=NC. The van der Waals surface area contributed by atoms with Gasteiger partial charge < -0.3 is 5.32 Å². The van der Waals surface area contributed by atoms with Crippen LogP contribution in [0.3, 0.4) is 0 Å². The van der Waals surface area contributed by atoms with Crippen molar-refractivity contribution >= 4 is 45.7 Å². The van der Waals surface area contributed by atoms with Crippen LogP contribution in [0.5, 0.6) is 0 Å². The average molecular weight is 538 g/mol. The number of benzene rings is 2. The van der Waals surface area contributed by atoms with Crippen molar-refractivity contribution in [1.29, 1.82) is 0 Å². The minimum atomic E-state index is -0.451. The van der Waals surface area contributed by atoms with Crippen molar-refractivity contribution < 1.29 is 4.79 Å². The summed E-state index contributed by atoms with van der Waals surface area (Å²) in [7, 11) is 1.65. The summed E-state index contributed by atoms with van der Waals surface area (Å²) in [5.74, 6) is -0.401. The van der Waals surface area contributed by atoms with Crippen LogP contribution in [0.1, 0.15) is 13.3 Å². The largest absolute Gasteiger partial charge is 0.349 e. The predicted octanol–water partition coefficient (Wildman–Crippen LogP) is 4.61. The Bertz CT molecular complexity index is 1650. The molecule has 0 spiro atoms. The normalized spacial score (nSPS) is 11.9. The Hall–Kier alpha value is -3.88. The number of carbonyl (C=O) groups excluding carboxylic acids is 1.